The van der Waals surface area contributed by atoms with Crippen LogP contribution in [0.2, 0.25) is 5.02 Å². The van der Waals surface area contributed by atoms with Crippen molar-refractivity contribution in [1.29, 1.82) is 0 Å². The number of nitrogens with one attached hydrogen (secondary N) is 1. The maximum atomic E-state index is 12.2. The van der Waals surface area contributed by atoms with Crippen molar-refractivity contribution in [1.82, 2.24) is 4.98 Å². The molecule has 0 bridgehead atoms. The summed E-state index contributed by atoms with van der Waals surface area (Å²) in [7, 11) is -3.67. The molecule has 102 valence electrons. The lowest BCUT2D eigenvalue weighted by atomic mass is 10.2. The van der Waals surface area contributed by atoms with E-state index < -0.39 is 10.0 Å². The Kier molecular flexibility index (Phi) is 4.10. The first-order chi connectivity index (χ1) is 8.92. The highest BCUT2D eigenvalue weighted by molar-refractivity contribution is 7.93. The molecule has 0 aliphatic carbocycles. The summed E-state index contributed by atoms with van der Waals surface area (Å²) in [6, 6.07) is 4.42. The lowest BCUT2D eigenvalue weighted by Crippen LogP contribution is -2.13. The van der Waals surface area contributed by atoms with Gasteiger partial charge in [-0.3, -0.25) is 4.72 Å². The van der Waals surface area contributed by atoms with Gasteiger partial charge in [-0.1, -0.05) is 11.6 Å². The van der Waals surface area contributed by atoms with Crippen LogP contribution in [-0.4, -0.2) is 13.4 Å². The van der Waals surface area contributed by atoms with E-state index in [0.29, 0.717) is 15.7 Å². The van der Waals surface area contributed by atoms with Gasteiger partial charge in [0.15, 0.2) is 5.13 Å². The van der Waals surface area contributed by atoms with Gasteiger partial charge in [0.2, 0.25) is 0 Å². The largest absolute Gasteiger partial charge is 0.326 e. The number of aromatic nitrogens is 1. The number of aryl methyl sites for hydroxylation is 1. The van der Waals surface area contributed by atoms with Crippen LogP contribution in [0.5, 0.6) is 0 Å². The third-order valence-electron chi connectivity index (χ3n) is 2.39. The molecule has 2 aromatic rings. The summed E-state index contributed by atoms with van der Waals surface area (Å²) >= 11 is 7.14. The van der Waals surface area contributed by atoms with Crippen LogP contribution in [0.4, 0.5) is 5.13 Å². The minimum absolute atomic E-state index is 0.116. The number of hydrogen-bond acceptors (Lipinski definition) is 5. The van der Waals surface area contributed by atoms with Crippen molar-refractivity contribution in [2.24, 2.45) is 5.73 Å². The number of thiazole rings is 1. The molecular weight excluding hydrogens is 306 g/mol. The summed E-state index contributed by atoms with van der Waals surface area (Å²) in [6.45, 7) is 1.97. The van der Waals surface area contributed by atoms with Crippen molar-refractivity contribution in [3.8, 4) is 0 Å². The van der Waals surface area contributed by atoms with Gasteiger partial charge in [0.25, 0.3) is 10.0 Å². The van der Waals surface area contributed by atoms with Gasteiger partial charge >= 0.3 is 0 Å². The molecule has 0 saturated heterocycles. The molecule has 0 atom stereocenters. The minimum Gasteiger partial charge on any atom is -0.326 e. The average molecular weight is 318 g/mol. The van der Waals surface area contributed by atoms with E-state index in [0.717, 1.165) is 5.69 Å². The van der Waals surface area contributed by atoms with Gasteiger partial charge in [0, 0.05) is 16.9 Å². The Labute approximate surface area is 120 Å². The van der Waals surface area contributed by atoms with Gasteiger partial charge in [0.05, 0.1) is 10.6 Å². The molecule has 1 aromatic carbocycles. The smallest absolute Gasteiger partial charge is 0.263 e. The fourth-order valence-electron chi connectivity index (χ4n) is 1.45. The predicted octanol–water partition coefficient (Wildman–Crippen LogP) is 2.36. The highest BCUT2D eigenvalue weighted by Crippen LogP contribution is 2.23. The normalized spacial score (nSPS) is 11.5. The number of benzene rings is 1. The molecule has 0 spiro atoms. The molecule has 3 N–H and O–H groups in total. The second-order valence-electron chi connectivity index (χ2n) is 3.86. The van der Waals surface area contributed by atoms with Crippen molar-refractivity contribution in [2.75, 3.05) is 4.72 Å². The Balaban J connectivity index is 2.34. The number of hydrogen-bond donors (Lipinski definition) is 2. The minimum atomic E-state index is -3.67. The van der Waals surface area contributed by atoms with Gasteiger partial charge < -0.3 is 5.73 Å². The topological polar surface area (TPSA) is 85.1 Å². The fourth-order valence-corrected chi connectivity index (χ4v) is 3.64. The summed E-state index contributed by atoms with van der Waals surface area (Å²) in [5, 5.41) is 2.55. The Hall–Kier alpha value is -1.15. The molecule has 0 saturated carbocycles. The number of anilines is 1. The zero-order valence-electron chi connectivity index (χ0n) is 10.1. The molecule has 0 radical (unpaired) electrons. The quantitative estimate of drug-likeness (QED) is 0.906. The van der Waals surface area contributed by atoms with E-state index in [1.165, 1.54) is 29.5 Å². The molecular formula is C11H12ClN3O2S2. The predicted molar refractivity (Wildman–Crippen MR) is 77.0 cm³/mol. The van der Waals surface area contributed by atoms with Crippen LogP contribution in [0, 0.1) is 6.92 Å². The van der Waals surface area contributed by atoms with Crippen LogP contribution in [0.1, 0.15) is 11.3 Å². The number of rotatable bonds is 4. The molecule has 2 rings (SSSR count). The Morgan fingerprint density at radius 1 is 1.47 bits per heavy atom. The van der Waals surface area contributed by atoms with Gasteiger partial charge in [-0.15, -0.1) is 11.3 Å². The van der Waals surface area contributed by atoms with Crippen molar-refractivity contribution in [2.45, 2.75) is 18.4 Å². The second-order valence-corrected chi connectivity index (χ2v) is 6.80. The SMILES string of the molecule is Cc1csc(NS(=O)(=O)c2ccc(Cl)c(CN)c2)n1. The van der Waals surface area contributed by atoms with E-state index >= 15 is 0 Å². The Bertz CT molecular complexity index is 698. The summed E-state index contributed by atoms with van der Waals surface area (Å²) < 4.78 is 26.7. The molecule has 0 unspecified atom stereocenters. The third-order valence-corrected chi connectivity index (χ3v) is 5.10. The molecule has 0 amide bonds. The molecule has 1 aromatic heterocycles. The van der Waals surface area contributed by atoms with Crippen LogP contribution in [0.25, 0.3) is 0 Å². The first kappa shape index (κ1) is 14.3. The van der Waals surface area contributed by atoms with E-state index in [-0.39, 0.29) is 11.4 Å². The van der Waals surface area contributed by atoms with E-state index in [2.05, 4.69) is 9.71 Å². The van der Waals surface area contributed by atoms with Crippen molar-refractivity contribution < 1.29 is 8.42 Å². The fraction of sp³-hybridized carbons (Fsp3) is 0.182. The number of nitrogens with zero attached hydrogens (tertiary/aromatic N) is 1. The third kappa shape index (κ3) is 3.24. The van der Waals surface area contributed by atoms with Crippen LogP contribution in [0.3, 0.4) is 0 Å². The summed E-state index contributed by atoms with van der Waals surface area (Å²) in [5.74, 6) is 0. The lowest BCUT2D eigenvalue weighted by Gasteiger charge is -2.07. The van der Waals surface area contributed by atoms with E-state index in [1.807, 2.05) is 0 Å². The highest BCUT2D eigenvalue weighted by atomic mass is 35.5. The molecule has 1 heterocycles. The van der Waals surface area contributed by atoms with Gasteiger partial charge in [-0.25, -0.2) is 13.4 Å². The van der Waals surface area contributed by atoms with Crippen molar-refractivity contribution in [3.63, 3.8) is 0 Å². The first-order valence-electron chi connectivity index (χ1n) is 5.36. The van der Waals surface area contributed by atoms with Crippen LogP contribution < -0.4 is 10.5 Å². The second kappa shape index (κ2) is 5.46. The van der Waals surface area contributed by atoms with Gasteiger partial charge in [-0.2, -0.15) is 0 Å². The highest BCUT2D eigenvalue weighted by Gasteiger charge is 2.17. The van der Waals surface area contributed by atoms with Gasteiger partial charge in [0.1, 0.15) is 0 Å². The van der Waals surface area contributed by atoms with Crippen LogP contribution in [0.15, 0.2) is 28.5 Å². The number of sulfonamides is 1. The maximum absolute atomic E-state index is 12.2. The number of halogens is 1. The standard InChI is InChI=1S/C11H12ClN3O2S2/c1-7-6-18-11(14-7)15-19(16,17)9-2-3-10(12)8(4-9)5-13/h2-4,6H,5,13H2,1H3,(H,14,15). The van der Waals surface area contributed by atoms with Crippen molar-refractivity contribution in [3.05, 3.63) is 39.9 Å². The molecule has 0 fully saturated rings. The van der Waals surface area contributed by atoms with Gasteiger partial charge in [-0.05, 0) is 30.7 Å². The maximum Gasteiger partial charge on any atom is 0.263 e. The Morgan fingerprint density at radius 2 is 2.21 bits per heavy atom. The molecule has 8 heteroatoms. The molecule has 19 heavy (non-hydrogen) atoms. The van der Waals surface area contributed by atoms with Crippen LogP contribution in [-0.2, 0) is 16.6 Å². The van der Waals surface area contributed by atoms with Crippen LogP contribution >= 0.6 is 22.9 Å². The van der Waals surface area contributed by atoms with E-state index in [4.69, 9.17) is 17.3 Å². The Morgan fingerprint density at radius 3 is 2.79 bits per heavy atom. The monoisotopic (exact) mass is 317 g/mol. The zero-order chi connectivity index (χ0) is 14.0. The molecule has 5 nitrogen and oxygen atoms in total. The average Bonchev–Trinajstić information content (AvgIpc) is 2.74. The van der Waals surface area contributed by atoms with E-state index in [1.54, 1.807) is 12.3 Å². The summed E-state index contributed by atoms with van der Waals surface area (Å²) in [6.07, 6.45) is 0. The molecule has 0 aliphatic heterocycles. The summed E-state index contributed by atoms with van der Waals surface area (Å²) in [5.41, 5.74) is 6.86. The molecule has 0 aliphatic rings. The van der Waals surface area contributed by atoms with E-state index in [9.17, 15) is 8.42 Å². The zero-order valence-corrected chi connectivity index (χ0v) is 12.4. The van der Waals surface area contributed by atoms with Crippen molar-refractivity contribution >= 4 is 38.1 Å². The lowest BCUT2D eigenvalue weighted by molar-refractivity contribution is 0.601. The first-order valence-corrected chi connectivity index (χ1v) is 8.10. The number of nitrogens with two attached hydrogens (primary N) is 1. The summed E-state index contributed by atoms with van der Waals surface area (Å²) in [4.78, 5) is 4.17.